The molecule has 1 saturated heterocycles. The number of hydrogen-bond donors (Lipinski definition) is 0. The predicted molar refractivity (Wildman–Crippen MR) is 106 cm³/mol. The quantitative estimate of drug-likeness (QED) is 0.684. The Morgan fingerprint density at radius 1 is 1.07 bits per heavy atom. The van der Waals surface area contributed by atoms with Crippen molar-refractivity contribution in [3.05, 3.63) is 71.3 Å². The SMILES string of the molecule is C[C@@H]1CN(c2ccc(F)cc2)CCN1c1ncn(Cc2ccc(Cl)cc2)n1. The van der Waals surface area contributed by atoms with Gasteiger partial charge in [-0.15, -0.1) is 5.10 Å². The van der Waals surface area contributed by atoms with E-state index in [9.17, 15) is 4.39 Å². The van der Waals surface area contributed by atoms with Crippen molar-refractivity contribution in [2.75, 3.05) is 29.4 Å². The van der Waals surface area contributed by atoms with Gasteiger partial charge >= 0.3 is 0 Å². The monoisotopic (exact) mass is 385 g/mol. The summed E-state index contributed by atoms with van der Waals surface area (Å²) in [5, 5.41) is 5.37. The summed E-state index contributed by atoms with van der Waals surface area (Å²) in [7, 11) is 0. The van der Waals surface area contributed by atoms with Crippen LogP contribution in [0.5, 0.6) is 0 Å². The van der Waals surface area contributed by atoms with Crippen LogP contribution in [-0.2, 0) is 6.54 Å². The first kappa shape index (κ1) is 17.8. The minimum atomic E-state index is -0.208. The Bertz CT molecular complexity index is 893. The Hall–Kier alpha value is -2.60. The summed E-state index contributed by atoms with van der Waals surface area (Å²) in [4.78, 5) is 8.99. The third-order valence-electron chi connectivity index (χ3n) is 4.86. The minimum absolute atomic E-state index is 0.208. The fourth-order valence-corrected chi connectivity index (χ4v) is 3.54. The molecule has 0 radical (unpaired) electrons. The molecule has 1 aliphatic rings. The van der Waals surface area contributed by atoms with Crippen molar-refractivity contribution in [1.29, 1.82) is 0 Å². The van der Waals surface area contributed by atoms with Crippen molar-refractivity contribution in [3.8, 4) is 0 Å². The highest BCUT2D eigenvalue weighted by atomic mass is 35.5. The summed E-state index contributed by atoms with van der Waals surface area (Å²) in [6.45, 7) is 5.34. The second-order valence-corrected chi connectivity index (χ2v) is 7.27. The van der Waals surface area contributed by atoms with E-state index >= 15 is 0 Å². The average Bonchev–Trinajstić information content (AvgIpc) is 3.12. The van der Waals surface area contributed by atoms with Crippen molar-refractivity contribution >= 4 is 23.2 Å². The van der Waals surface area contributed by atoms with Crippen LogP contribution in [0.25, 0.3) is 0 Å². The molecule has 4 rings (SSSR count). The van der Waals surface area contributed by atoms with Crippen LogP contribution in [0, 0.1) is 5.82 Å². The zero-order valence-corrected chi connectivity index (χ0v) is 15.8. The maximum absolute atomic E-state index is 13.1. The molecule has 1 aromatic heterocycles. The molecule has 0 amide bonds. The lowest BCUT2D eigenvalue weighted by Crippen LogP contribution is -2.52. The summed E-state index contributed by atoms with van der Waals surface area (Å²) in [6, 6.07) is 14.7. The highest BCUT2D eigenvalue weighted by Crippen LogP contribution is 2.22. The van der Waals surface area contributed by atoms with Gasteiger partial charge in [0.2, 0.25) is 5.95 Å². The number of piperazine rings is 1. The van der Waals surface area contributed by atoms with Crippen molar-refractivity contribution in [1.82, 2.24) is 14.8 Å². The smallest absolute Gasteiger partial charge is 0.245 e. The lowest BCUT2D eigenvalue weighted by Gasteiger charge is -2.40. The Morgan fingerprint density at radius 2 is 1.81 bits per heavy atom. The van der Waals surface area contributed by atoms with E-state index < -0.39 is 0 Å². The summed E-state index contributed by atoms with van der Waals surface area (Å²) >= 11 is 5.94. The van der Waals surface area contributed by atoms with E-state index in [0.717, 1.165) is 41.9 Å². The molecule has 1 aliphatic heterocycles. The molecular formula is C20H21ClFN5. The first-order chi connectivity index (χ1) is 13.1. The maximum Gasteiger partial charge on any atom is 0.245 e. The lowest BCUT2D eigenvalue weighted by molar-refractivity contribution is 0.537. The van der Waals surface area contributed by atoms with E-state index in [2.05, 4.69) is 26.8 Å². The highest BCUT2D eigenvalue weighted by molar-refractivity contribution is 6.30. The van der Waals surface area contributed by atoms with Crippen LogP contribution in [0.1, 0.15) is 12.5 Å². The minimum Gasteiger partial charge on any atom is -0.368 e. The van der Waals surface area contributed by atoms with Gasteiger partial charge in [0.1, 0.15) is 12.1 Å². The molecule has 140 valence electrons. The highest BCUT2D eigenvalue weighted by Gasteiger charge is 2.26. The molecule has 0 saturated carbocycles. The molecule has 5 nitrogen and oxygen atoms in total. The van der Waals surface area contributed by atoms with Gasteiger partial charge in [-0.25, -0.2) is 14.1 Å². The Morgan fingerprint density at radius 3 is 2.52 bits per heavy atom. The predicted octanol–water partition coefficient (Wildman–Crippen LogP) is 3.83. The zero-order chi connectivity index (χ0) is 18.8. The van der Waals surface area contributed by atoms with Gasteiger partial charge in [-0.05, 0) is 48.9 Å². The summed E-state index contributed by atoms with van der Waals surface area (Å²) in [5.41, 5.74) is 2.18. The van der Waals surface area contributed by atoms with Gasteiger partial charge < -0.3 is 9.80 Å². The number of aromatic nitrogens is 3. The van der Waals surface area contributed by atoms with Crippen LogP contribution < -0.4 is 9.80 Å². The first-order valence-corrected chi connectivity index (χ1v) is 9.37. The summed E-state index contributed by atoms with van der Waals surface area (Å²) in [5.74, 6) is 0.538. The van der Waals surface area contributed by atoms with Crippen LogP contribution in [0.4, 0.5) is 16.0 Å². The van der Waals surface area contributed by atoms with E-state index in [1.54, 1.807) is 6.33 Å². The number of hydrogen-bond acceptors (Lipinski definition) is 4. The van der Waals surface area contributed by atoms with E-state index in [4.69, 9.17) is 11.6 Å². The summed E-state index contributed by atoms with van der Waals surface area (Å²) in [6.07, 6.45) is 1.77. The molecule has 0 bridgehead atoms. The standard InChI is InChI=1S/C20H21ClFN5/c1-15-12-25(19-8-6-18(22)7-9-19)10-11-27(15)20-23-14-26(24-20)13-16-2-4-17(21)5-3-16/h2-9,14-15H,10-13H2,1H3/t15-/m1/s1. The third kappa shape index (κ3) is 4.06. The molecule has 0 unspecified atom stereocenters. The first-order valence-electron chi connectivity index (χ1n) is 8.99. The molecule has 1 atom stereocenters. The van der Waals surface area contributed by atoms with Crippen LogP contribution in [0.15, 0.2) is 54.9 Å². The van der Waals surface area contributed by atoms with E-state index in [0.29, 0.717) is 6.54 Å². The number of anilines is 2. The van der Waals surface area contributed by atoms with Crippen LogP contribution in [-0.4, -0.2) is 40.4 Å². The molecule has 0 N–H and O–H groups in total. The molecule has 0 aliphatic carbocycles. The molecule has 27 heavy (non-hydrogen) atoms. The molecule has 1 fully saturated rings. The lowest BCUT2D eigenvalue weighted by atomic mass is 10.1. The fraction of sp³-hybridized carbons (Fsp3) is 0.300. The van der Waals surface area contributed by atoms with Crippen molar-refractivity contribution in [2.24, 2.45) is 0 Å². The van der Waals surface area contributed by atoms with Crippen molar-refractivity contribution in [3.63, 3.8) is 0 Å². The molecule has 2 aromatic carbocycles. The number of halogens is 2. The van der Waals surface area contributed by atoms with Crippen molar-refractivity contribution < 1.29 is 4.39 Å². The number of nitrogens with zero attached hydrogens (tertiary/aromatic N) is 5. The normalized spacial score (nSPS) is 17.4. The molecule has 7 heteroatoms. The van der Waals surface area contributed by atoms with E-state index in [1.165, 1.54) is 12.1 Å². The van der Waals surface area contributed by atoms with Gasteiger partial charge in [-0.3, -0.25) is 0 Å². The Kier molecular flexibility index (Phi) is 4.99. The van der Waals surface area contributed by atoms with Crippen molar-refractivity contribution in [2.45, 2.75) is 19.5 Å². The Labute approximate surface area is 163 Å². The van der Waals surface area contributed by atoms with Crippen LogP contribution in [0.3, 0.4) is 0 Å². The third-order valence-corrected chi connectivity index (χ3v) is 5.11. The van der Waals surface area contributed by atoms with Crippen LogP contribution in [0.2, 0.25) is 5.02 Å². The number of benzene rings is 2. The van der Waals surface area contributed by atoms with Gasteiger partial charge in [-0.1, -0.05) is 23.7 Å². The number of rotatable bonds is 4. The van der Waals surface area contributed by atoms with Gasteiger partial charge in [0, 0.05) is 36.4 Å². The largest absolute Gasteiger partial charge is 0.368 e. The van der Waals surface area contributed by atoms with Gasteiger partial charge in [0.05, 0.1) is 6.54 Å². The zero-order valence-electron chi connectivity index (χ0n) is 15.1. The van der Waals surface area contributed by atoms with Gasteiger partial charge in [0.25, 0.3) is 0 Å². The van der Waals surface area contributed by atoms with Gasteiger partial charge in [-0.2, -0.15) is 0 Å². The van der Waals surface area contributed by atoms with E-state index in [-0.39, 0.29) is 11.9 Å². The van der Waals surface area contributed by atoms with E-state index in [1.807, 2.05) is 41.1 Å². The van der Waals surface area contributed by atoms with Gasteiger partial charge in [0.15, 0.2) is 0 Å². The maximum atomic E-state index is 13.1. The van der Waals surface area contributed by atoms with Crippen LogP contribution >= 0.6 is 11.6 Å². The molecule has 2 heterocycles. The average molecular weight is 386 g/mol. The summed E-state index contributed by atoms with van der Waals surface area (Å²) < 4.78 is 15.0. The molecule has 0 spiro atoms. The second-order valence-electron chi connectivity index (χ2n) is 6.83. The fourth-order valence-electron chi connectivity index (χ4n) is 3.41. The Balaban J connectivity index is 1.41. The molecule has 3 aromatic rings. The topological polar surface area (TPSA) is 37.2 Å². The molecular weight excluding hydrogens is 365 g/mol. The second kappa shape index (κ2) is 7.56.